The number of rotatable bonds is 4. The fourth-order valence-electron chi connectivity index (χ4n) is 3.49. The van der Waals surface area contributed by atoms with Crippen LogP contribution in [0.25, 0.3) is 0 Å². The van der Waals surface area contributed by atoms with E-state index in [0.29, 0.717) is 6.04 Å². The Hall–Kier alpha value is -2.28. The molecule has 7 heteroatoms. The first-order valence-corrected chi connectivity index (χ1v) is 7.92. The van der Waals surface area contributed by atoms with Crippen LogP contribution in [-0.2, 0) is 0 Å². The zero-order chi connectivity index (χ0) is 16.6. The third-order valence-corrected chi connectivity index (χ3v) is 4.72. The lowest BCUT2D eigenvalue weighted by molar-refractivity contribution is -0.385. The van der Waals surface area contributed by atoms with E-state index in [-0.39, 0.29) is 23.5 Å². The van der Waals surface area contributed by atoms with Crippen molar-refractivity contribution in [3.8, 4) is 0 Å². The van der Waals surface area contributed by atoms with E-state index in [1.807, 2.05) is 0 Å². The summed E-state index contributed by atoms with van der Waals surface area (Å²) in [5, 5.41) is 11.1. The van der Waals surface area contributed by atoms with E-state index in [2.05, 4.69) is 11.8 Å². The molecule has 23 heavy (non-hydrogen) atoms. The monoisotopic (exact) mass is 317 g/mol. The first-order chi connectivity index (χ1) is 11.0. The molecule has 0 saturated carbocycles. The SMILES string of the molecule is CC[C@H]1CCCCN1CN1C(=O)c2cccc([N+](=O)[O-])c2C1=O. The molecule has 0 N–H and O–H groups in total. The van der Waals surface area contributed by atoms with E-state index >= 15 is 0 Å². The molecule has 2 aliphatic heterocycles. The van der Waals surface area contributed by atoms with Crippen LogP contribution in [0.15, 0.2) is 18.2 Å². The Bertz CT molecular complexity index is 673. The number of amides is 2. The Labute approximate surface area is 134 Å². The van der Waals surface area contributed by atoms with Gasteiger partial charge < -0.3 is 0 Å². The van der Waals surface area contributed by atoms with Crippen LogP contribution in [0.4, 0.5) is 5.69 Å². The molecule has 2 aliphatic rings. The smallest absolute Gasteiger partial charge is 0.282 e. The van der Waals surface area contributed by atoms with Crippen molar-refractivity contribution in [2.75, 3.05) is 13.2 Å². The molecule has 0 aliphatic carbocycles. The number of piperidine rings is 1. The molecule has 0 aromatic heterocycles. The third-order valence-electron chi connectivity index (χ3n) is 4.72. The first-order valence-electron chi connectivity index (χ1n) is 7.92. The number of likely N-dealkylation sites (tertiary alicyclic amines) is 1. The van der Waals surface area contributed by atoms with E-state index < -0.39 is 16.7 Å². The lowest BCUT2D eigenvalue weighted by atomic mass is 10.0. The summed E-state index contributed by atoms with van der Waals surface area (Å²) in [6, 6.07) is 4.55. The molecule has 1 aromatic rings. The number of carbonyl (C=O) groups is 2. The number of hydrogen-bond donors (Lipinski definition) is 0. The highest BCUT2D eigenvalue weighted by Gasteiger charge is 2.42. The molecule has 1 atom stereocenters. The van der Waals surface area contributed by atoms with Crippen LogP contribution < -0.4 is 0 Å². The average molecular weight is 317 g/mol. The van der Waals surface area contributed by atoms with Crippen molar-refractivity contribution >= 4 is 17.5 Å². The maximum atomic E-state index is 12.6. The zero-order valence-corrected chi connectivity index (χ0v) is 13.0. The molecule has 0 radical (unpaired) electrons. The molecule has 0 unspecified atom stereocenters. The van der Waals surface area contributed by atoms with Crippen LogP contribution in [0, 0.1) is 10.1 Å². The maximum Gasteiger partial charge on any atom is 0.282 e. The summed E-state index contributed by atoms with van der Waals surface area (Å²) in [6.45, 7) is 3.15. The fraction of sp³-hybridized carbons (Fsp3) is 0.500. The summed E-state index contributed by atoms with van der Waals surface area (Å²) in [5.41, 5.74) is -0.240. The number of carbonyl (C=O) groups excluding carboxylic acids is 2. The number of hydrogen-bond acceptors (Lipinski definition) is 5. The van der Waals surface area contributed by atoms with Crippen LogP contribution >= 0.6 is 0 Å². The van der Waals surface area contributed by atoms with Gasteiger partial charge in [-0.25, -0.2) is 0 Å². The summed E-state index contributed by atoms with van der Waals surface area (Å²) in [7, 11) is 0. The number of nitro groups is 1. The molecule has 7 nitrogen and oxygen atoms in total. The summed E-state index contributed by atoms with van der Waals surface area (Å²) in [4.78, 5) is 38.9. The lowest BCUT2D eigenvalue weighted by Gasteiger charge is -2.36. The zero-order valence-electron chi connectivity index (χ0n) is 13.0. The maximum absolute atomic E-state index is 12.6. The molecule has 2 amide bonds. The van der Waals surface area contributed by atoms with E-state index in [1.165, 1.54) is 18.2 Å². The minimum atomic E-state index is -0.608. The van der Waals surface area contributed by atoms with Crippen molar-refractivity contribution in [2.45, 2.75) is 38.6 Å². The Morgan fingerprint density at radius 2 is 2.04 bits per heavy atom. The van der Waals surface area contributed by atoms with Gasteiger partial charge in [0, 0.05) is 18.7 Å². The van der Waals surface area contributed by atoms with Gasteiger partial charge in [-0.2, -0.15) is 0 Å². The van der Waals surface area contributed by atoms with Crippen molar-refractivity contribution in [1.82, 2.24) is 9.80 Å². The number of imide groups is 1. The minimum Gasteiger partial charge on any atom is -0.283 e. The quantitative estimate of drug-likeness (QED) is 0.484. The lowest BCUT2D eigenvalue weighted by Crippen LogP contribution is -2.47. The van der Waals surface area contributed by atoms with E-state index in [0.717, 1.165) is 37.1 Å². The van der Waals surface area contributed by atoms with Crippen LogP contribution in [0.5, 0.6) is 0 Å². The summed E-state index contributed by atoms with van der Waals surface area (Å²) < 4.78 is 0. The first kappa shape index (κ1) is 15.6. The summed E-state index contributed by atoms with van der Waals surface area (Å²) in [6.07, 6.45) is 4.21. The highest BCUT2D eigenvalue weighted by atomic mass is 16.6. The van der Waals surface area contributed by atoms with E-state index in [1.54, 1.807) is 0 Å². The number of fused-ring (bicyclic) bond motifs is 1. The molecule has 2 heterocycles. The standard InChI is InChI=1S/C16H19N3O4/c1-2-11-6-3-4-9-17(11)10-18-15(20)12-7-5-8-13(19(22)23)14(12)16(18)21/h5,7-8,11H,2-4,6,9-10H2,1H3/t11-/m0/s1. The Balaban J connectivity index is 1.88. The highest BCUT2D eigenvalue weighted by molar-refractivity contribution is 6.23. The molecular weight excluding hydrogens is 298 g/mol. The van der Waals surface area contributed by atoms with Crippen LogP contribution in [0.1, 0.15) is 53.3 Å². The van der Waals surface area contributed by atoms with Gasteiger partial charge in [0.2, 0.25) is 0 Å². The molecule has 1 aromatic carbocycles. The second-order valence-electron chi connectivity index (χ2n) is 6.01. The highest BCUT2D eigenvalue weighted by Crippen LogP contribution is 2.31. The number of nitrogens with zero attached hydrogens (tertiary/aromatic N) is 3. The largest absolute Gasteiger partial charge is 0.283 e. The van der Waals surface area contributed by atoms with Crippen molar-refractivity contribution in [3.63, 3.8) is 0 Å². The average Bonchev–Trinajstić information content (AvgIpc) is 2.80. The summed E-state index contributed by atoms with van der Waals surface area (Å²) in [5.74, 6) is -0.994. The molecule has 1 saturated heterocycles. The van der Waals surface area contributed by atoms with Gasteiger partial charge in [0.05, 0.1) is 17.2 Å². The number of nitro benzene ring substituents is 1. The second kappa shape index (κ2) is 6.08. The van der Waals surface area contributed by atoms with Gasteiger partial charge in [-0.15, -0.1) is 0 Å². The predicted octanol–water partition coefficient (Wildman–Crippen LogP) is 2.41. The van der Waals surface area contributed by atoms with Gasteiger partial charge in [-0.1, -0.05) is 19.4 Å². The van der Waals surface area contributed by atoms with Gasteiger partial charge >= 0.3 is 0 Å². The molecule has 1 fully saturated rings. The van der Waals surface area contributed by atoms with Crippen molar-refractivity contribution < 1.29 is 14.5 Å². The normalized spacial score (nSPS) is 21.6. The van der Waals surface area contributed by atoms with Gasteiger partial charge in [-0.3, -0.25) is 29.5 Å². The van der Waals surface area contributed by atoms with E-state index in [4.69, 9.17) is 0 Å². The fourth-order valence-corrected chi connectivity index (χ4v) is 3.49. The Morgan fingerprint density at radius 1 is 1.26 bits per heavy atom. The van der Waals surface area contributed by atoms with Gasteiger partial charge in [0.15, 0.2) is 0 Å². The summed E-state index contributed by atoms with van der Waals surface area (Å²) >= 11 is 0. The molecule has 0 spiro atoms. The van der Waals surface area contributed by atoms with Crippen LogP contribution in [0.3, 0.4) is 0 Å². The Kier molecular flexibility index (Phi) is 4.12. The third kappa shape index (κ3) is 2.61. The van der Waals surface area contributed by atoms with Gasteiger partial charge in [-0.05, 0) is 25.3 Å². The van der Waals surface area contributed by atoms with E-state index in [9.17, 15) is 19.7 Å². The van der Waals surface area contributed by atoms with Crippen molar-refractivity contribution in [3.05, 3.63) is 39.4 Å². The minimum absolute atomic E-state index is 0.0763. The molecular formula is C16H19N3O4. The van der Waals surface area contributed by atoms with Crippen LogP contribution in [-0.4, -0.2) is 45.8 Å². The topological polar surface area (TPSA) is 83.8 Å². The van der Waals surface area contributed by atoms with Crippen molar-refractivity contribution in [2.24, 2.45) is 0 Å². The van der Waals surface area contributed by atoms with Gasteiger partial charge in [0.1, 0.15) is 5.56 Å². The molecule has 122 valence electrons. The van der Waals surface area contributed by atoms with Crippen LogP contribution in [0.2, 0.25) is 0 Å². The Morgan fingerprint density at radius 3 is 2.74 bits per heavy atom. The molecule has 0 bridgehead atoms. The number of benzene rings is 1. The second-order valence-corrected chi connectivity index (χ2v) is 6.01. The molecule has 3 rings (SSSR count). The van der Waals surface area contributed by atoms with Gasteiger partial charge in [0.25, 0.3) is 17.5 Å². The predicted molar refractivity (Wildman–Crippen MR) is 83.1 cm³/mol. The van der Waals surface area contributed by atoms with Crippen molar-refractivity contribution in [1.29, 1.82) is 0 Å².